The molecule has 18 heteroatoms. The number of piperidine rings is 2. The van der Waals surface area contributed by atoms with Gasteiger partial charge in [0.05, 0.1) is 52.3 Å². The van der Waals surface area contributed by atoms with Crippen molar-refractivity contribution in [2.75, 3.05) is 50.1 Å². The Bertz CT molecular complexity index is 2900. The lowest BCUT2D eigenvalue weighted by molar-refractivity contribution is 0.0832. The lowest BCUT2D eigenvalue weighted by Crippen LogP contribution is -2.48. The lowest BCUT2D eigenvalue weighted by atomic mass is 9.87. The van der Waals surface area contributed by atoms with Crippen LogP contribution in [0.4, 0.5) is 11.9 Å². The Balaban J connectivity index is 1.16. The maximum absolute atomic E-state index is 14.3. The van der Waals surface area contributed by atoms with E-state index >= 15 is 0 Å². The molecular formula is C42H42N12O4S2. The highest BCUT2D eigenvalue weighted by Crippen LogP contribution is 2.33. The van der Waals surface area contributed by atoms with Crippen molar-refractivity contribution >= 4 is 66.8 Å². The molecule has 16 nitrogen and oxygen atoms in total. The van der Waals surface area contributed by atoms with Gasteiger partial charge in [0, 0.05) is 63.7 Å². The minimum atomic E-state index is -0.701. The van der Waals surface area contributed by atoms with Crippen LogP contribution >= 0.6 is 22.7 Å². The Morgan fingerprint density at radius 2 is 1.55 bits per heavy atom. The standard InChI is InChI=1S/C42H42N12O4S2/c1-50(2)38(56)33-14-32-35(60-33)39(57)53(41(48-32)51-11-5-8-29(45)20-51)19-26-10-9-23(12-27(26)16-44)28-13-30(46)21-52(17-28)42-49-34-31(37(47)55)22-59-36(34)40(58)54(42)18-25-7-4-3-6-24(25)15-43/h3-4,6-7,9-10,12,14,22,28-30H,5,8,11,13,17-21,45-46H2,1-2H3,(H2,47,55)/t28?,29-,30-/m1/s1. The summed E-state index contributed by atoms with van der Waals surface area (Å²) in [6.45, 7) is 1.99. The number of primary amides is 1. The van der Waals surface area contributed by atoms with E-state index in [-0.39, 0.29) is 69.8 Å². The van der Waals surface area contributed by atoms with E-state index in [0.717, 1.165) is 41.1 Å². The Hall–Kier alpha value is -6.44. The molecule has 1 unspecified atom stereocenters. The molecule has 8 rings (SSSR count). The number of anilines is 2. The van der Waals surface area contributed by atoms with Crippen molar-refractivity contribution < 1.29 is 9.59 Å². The highest BCUT2D eigenvalue weighted by atomic mass is 32.1. The Morgan fingerprint density at radius 3 is 2.25 bits per heavy atom. The van der Waals surface area contributed by atoms with E-state index in [1.54, 1.807) is 49.0 Å². The summed E-state index contributed by atoms with van der Waals surface area (Å²) >= 11 is 2.20. The van der Waals surface area contributed by atoms with Crippen LogP contribution in [-0.2, 0) is 13.1 Å². The van der Waals surface area contributed by atoms with E-state index in [1.165, 1.54) is 14.8 Å². The third kappa shape index (κ3) is 7.50. The monoisotopic (exact) mass is 842 g/mol. The Kier molecular flexibility index (Phi) is 11.0. The topological polar surface area (TPSA) is 239 Å². The van der Waals surface area contributed by atoms with Crippen molar-refractivity contribution in [2.45, 2.75) is 50.4 Å². The molecule has 60 heavy (non-hydrogen) atoms. The van der Waals surface area contributed by atoms with Crippen LogP contribution in [0.15, 0.2) is 63.5 Å². The molecule has 2 aliphatic heterocycles. The van der Waals surface area contributed by atoms with Gasteiger partial charge in [0.25, 0.3) is 22.9 Å². The second kappa shape index (κ2) is 16.3. The van der Waals surface area contributed by atoms with Gasteiger partial charge < -0.3 is 31.9 Å². The molecule has 2 fully saturated rings. The first-order valence-corrected chi connectivity index (χ1v) is 21.1. The number of aromatic nitrogens is 4. The van der Waals surface area contributed by atoms with Crippen molar-refractivity contribution in [1.82, 2.24) is 24.0 Å². The molecule has 6 N–H and O–H groups in total. The van der Waals surface area contributed by atoms with E-state index in [9.17, 15) is 29.7 Å². The Morgan fingerprint density at radius 1 is 0.867 bits per heavy atom. The molecule has 0 bridgehead atoms. The van der Waals surface area contributed by atoms with Gasteiger partial charge in [-0.1, -0.05) is 30.3 Å². The third-order valence-electron chi connectivity index (χ3n) is 11.2. The molecule has 6 heterocycles. The molecule has 0 saturated carbocycles. The number of hydrogen-bond acceptors (Lipinski definition) is 14. The van der Waals surface area contributed by atoms with Gasteiger partial charge in [0.15, 0.2) is 0 Å². The van der Waals surface area contributed by atoms with Gasteiger partial charge in [-0.25, -0.2) is 9.97 Å². The van der Waals surface area contributed by atoms with Gasteiger partial charge >= 0.3 is 0 Å². The van der Waals surface area contributed by atoms with Crippen LogP contribution in [0.2, 0.25) is 0 Å². The summed E-state index contributed by atoms with van der Waals surface area (Å²) in [6.07, 6.45) is 2.25. The highest BCUT2D eigenvalue weighted by molar-refractivity contribution is 7.20. The van der Waals surface area contributed by atoms with E-state index in [0.29, 0.717) is 75.9 Å². The van der Waals surface area contributed by atoms with Gasteiger partial charge in [-0.3, -0.25) is 28.3 Å². The summed E-state index contributed by atoms with van der Waals surface area (Å²) in [6, 6.07) is 18.4. The van der Waals surface area contributed by atoms with Crippen LogP contribution in [-0.4, -0.2) is 88.2 Å². The second-order valence-electron chi connectivity index (χ2n) is 15.6. The number of nitrogens with zero attached hydrogens (tertiary/aromatic N) is 9. The summed E-state index contributed by atoms with van der Waals surface area (Å²) in [7, 11) is 3.31. The average Bonchev–Trinajstić information content (AvgIpc) is 3.88. The van der Waals surface area contributed by atoms with E-state index in [4.69, 9.17) is 27.2 Å². The first-order chi connectivity index (χ1) is 28.8. The molecule has 2 aliphatic rings. The predicted octanol–water partition coefficient (Wildman–Crippen LogP) is 3.12. The van der Waals surface area contributed by atoms with Crippen molar-refractivity contribution in [1.29, 1.82) is 10.5 Å². The van der Waals surface area contributed by atoms with Crippen LogP contribution < -0.4 is 38.1 Å². The van der Waals surface area contributed by atoms with E-state index in [2.05, 4.69) is 12.1 Å². The zero-order valence-electron chi connectivity index (χ0n) is 33.0. The molecule has 2 aromatic carbocycles. The minimum Gasteiger partial charge on any atom is -0.366 e. The van der Waals surface area contributed by atoms with E-state index < -0.39 is 5.91 Å². The first-order valence-electron chi connectivity index (χ1n) is 19.4. The zero-order valence-corrected chi connectivity index (χ0v) is 34.6. The normalized spacial score (nSPS) is 18.1. The molecule has 4 aromatic heterocycles. The van der Waals surface area contributed by atoms with Crippen LogP contribution in [0.3, 0.4) is 0 Å². The number of benzene rings is 2. The summed E-state index contributed by atoms with van der Waals surface area (Å²) in [4.78, 5) is 69.4. The molecule has 306 valence electrons. The number of nitrogens with two attached hydrogens (primary N) is 3. The number of nitriles is 2. The van der Waals surface area contributed by atoms with Gasteiger partial charge in [0.2, 0.25) is 11.9 Å². The quantitative estimate of drug-likeness (QED) is 0.190. The molecule has 0 spiro atoms. The maximum Gasteiger partial charge on any atom is 0.273 e. The number of fused-ring (bicyclic) bond motifs is 2. The van der Waals surface area contributed by atoms with Crippen molar-refractivity contribution in [3.05, 3.63) is 113 Å². The van der Waals surface area contributed by atoms with Gasteiger partial charge in [-0.15, -0.1) is 22.7 Å². The number of carbonyl (C=O) groups is 2. The largest absolute Gasteiger partial charge is 0.366 e. The summed E-state index contributed by atoms with van der Waals surface area (Å²) in [5.74, 6) is -0.406. The third-order valence-corrected chi connectivity index (χ3v) is 13.2. The molecule has 0 aliphatic carbocycles. The molecule has 2 saturated heterocycles. The maximum atomic E-state index is 14.3. The fourth-order valence-corrected chi connectivity index (χ4v) is 10.2. The summed E-state index contributed by atoms with van der Waals surface area (Å²) < 4.78 is 3.71. The van der Waals surface area contributed by atoms with Crippen LogP contribution in [0, 0.1) is 22.7 Å². The number of thiophene rings is 2. The smallest absolute Gasteiger partial charge is 0.273 e. The number of rotatable bonds is 9. The van der Waals surface area contributed by atoms with E-state index in [1.807, 2.05) is 28.0 Å². The fourth-order valence-electron chi connectivity index (χ4n) is 8.19. The molecule has 6 aromatic rings. The summed E-state index contributed by atoms with van der Waals surface area (Å²) in [5, 5.41) is 21.9. The zero-order chi connectivity index (χ0) is 42.4. The van der Waals surface area contributed by atoms with Crippen molar-refractivity contribution in [3.8, 4) is 12.1 Å². The van der Waals surface area contributed by atoms with Gasteiger partial charge in [-0.2, -0.15) is 10.5 Å². The molecule has 0 radical (unpaired) electrons. The van der Waals surface area contributed by atoms with Crippen molar-refractivity contribution in [3.63, 3.8) is 0 Å². The first kappa shape index (κ1) is 40.3. The van der Waals surface area contributed by atoms with Gasteiger partial charge in [-0.05, 0) is 54.2 Å². The SMILES string of the molecule is CN(C)C(=O)c1cc2nc(N3CCC[C@@H](N)C3)n(Cc3ccc(C4C[C@@H](N)CN(c5nc6c(C(N)=O)csc6c(=O)n5Cc5ccccc5C#N)C4)cc3C#N)c(=O)c2s1. The Labute approximate surface area is 352 Å². The average molecular weight is 843 g/mol. The molecule has 3 atom stereocenters. The summed E-state index contributed by atoms with van der Waals surface area (Å²) in [5.41, 5.74) is 21.8. The number of amides is 2. The number of carbonyl (C=O) groups excluding carboxylic acids is 2. The van der Waals surface area contributed by atoms with Crippen LogP contribution in [0.25, 0.3) is 20.4 Å². The lowest BCUT2D eigenvalue weighted by Gasteiger charge is -2.38. The van der Waals surface area contributed by atoms with Crippen LogP contribution in [0.1, 0.15) is 73.0 Å². The second-order valence-corrected chi connectivity index (χ2v) is 17.5. The molecular weight excluding hydrogens is 801 g/mol. The number of hydrogen-bond donors (Lipinski definition) is 3. The van der Waals surface area contributed by atoms with Gasteiger partial charge in [0.1, 0.15) is 14.9 Å². The van der Waals surface area contributed by atoms with Crippen LogP contribution in [0.5, 0.6) is 0 Å². The highest BCUT2D eigenvalue weighted by Gasteiger charge is 2.32. The predicted molar refractivity (Wildman–Crippen MR) is 232 cm³/mol. The fraction of sp³-hybridized carbons (Fsp3) is 0.333. The molecule has 2 amide bonds. The minimum absolute atomic E-state index is 0.0540. The van der Waals surface area contributed by atoms with Crippen molar-refractivity contribution in [2.24, 2.45) is 17.2 Å².